The van der Waals surface area contributed by atoms with E-state index in [4.69, 9.17) is 4.42 Å². The van der Waals surface area contributed by atoms with E-state index in [2.05, 4.69) is 254 Å². The average molecular weight is 828 g/mol. The molecule has 1 aromatic heterocycles. The molecule has 2 heteroatoms. The summed E-state index contributed by atoms with van der Waals surface area (Å²) in [5, 5.41) is 6.93. The minimum atomic E-state index is -0.581. The molecule has 0 unspecified atom stereocenters. The Morgan fingerprint density at radius 2 is 0.831 bits per heavy atom. The third kappa shape index (κ3) is 5.54. The number of rotatable bonds is 7. The predicted molar refractivity (Wildman–Crippen MR) is 272 cm³/mol. The number of nitrogens with zero attached hydrogens (tertiary/aromatic N) is 1. The highest BCUT2D eigenvalue weighted by atomic mass is 16.3. The molecule has 0 saturated heterocycles. The summed E-state index contributed by atoms with van der Waals surface area (Å²) in [6.07, 6.45) is 0. The largest absolute Gasteiger partial charge is 0.456 e. The maximum atomic E-state index is 6.72. The van der Waals surface area contributed by atoms with Crippen molar-refractivity contribution >= 4 is 60.5 Å². The number of anilines is 3. The van der Waals surface area contributed by atoms with E-state index >= 15 is 0 Å². The van der Waals surface area contributed by atoms with Crippen molar-refractivity contribution in [3.05, 3.63) is 271 Å². The van der Waals surface area contributed by atoms with Crippen LogP contribution in [-0.4, -0.2) is 0 Å². The molecule has 1 aliphatic rings. The highest BCUT2D eigenvalue weighted by Gasteiger charge is 2.47. The lowest BCUT2D eigenvalue weighted by Gasteiger charge is -2.35. The molecule has 11 aromatic carbocycles. The van der Waals surface area contributed by atoms with Crippen LogP contribution < -0.4 is 4.90 Å². The Balaban J connectivity index is 1.23. The Labute approximate surface area is 377 Å². The maximum Gasteiger partial charge on any atom is 0.137 e. The summed E-state index contributed by atoms with van der Waals surface area (Å²) in [5.74, 6) is 0. The van der Waals surface area contributed by atoms with E-state index in [-0.39, 0.29) is 0 Å². The lowest BCUT2D eigenvalue weighted by Crippen LogP contribution is -2.28. The van der Waals surface area contributed by atoms with Crippen molar-refractivity contribution in [3.8, 4) is 33.4 Å². The zero-order valence-corrected chi connectivity index (χ0v) is 35.5. The van der Waals surface area contributed by atoms with Crippen LogP contribution in [0.4, 0.5) is 17.1 Å². The third-order valence-corrected chi connectivity index (χ3v) is 13.7. The first-order chi connectivity index (χ1) is 32.3. The van der Waals surface area contributed by atoms with Gasteiger partial charge in [0.15, 0.2) is 0 Å². The fourth-order valence-electron chi connectivity index (χ4n) is 11.1. The average Bonchev–Trinajstić information content (AvgIpc) is 3.92. The molecule has 304 valence electrons. The number of para-hydroxylation sites is 1. The van der Waals surface area contributed by atoms with Crippen molar-refractivity contribution in [2.24, 2.45) is 0 Å². The van der Waals surface area contributed by atoms with Crippen LogP contribution >= 0.6 is 0 Å². The summed E-state index contributed by atoms with van der Waals surface area (Å²) in [4.78, 5) is 2.59. The zero-order valence-electron chi connectivity index (χ0n) is 35.5. The molecule has 0 radical (unpaired) electrons. The van der Waals surface area contributed by atoms with Gasteiger partial charge in [-0.3, -0.25) is 0 Å². The SMILES string of the molecule is c1ccc(-c2cccc(-c3c(N(c4cccc5c4-c4ccccc4C5(c4ccccc4)c4ccccc4)c4cccc5oc6ccccc6c45)c4ccccc4c4ccccc34)c2)cc1. The first-order valence-electron chi connectivity index (χ1n) is 22.4. The quantitative estimate of drug-likeness (QED) is 0.149. The molecule has 0 aliphatic heterocycles. The van der Waals surface area contributed by atoms with Gasteiger partial charge < -0.3 is 9.32 Å². The van der Waals surface area contributed by atoms with Gasteiger partial charge in [-0.15, -0.1) is 0 Å². The fourth-order valence-corrected chi connectivity index (χ4v) is 11.1. The second-order valence-electron chi connectivity index (χ2n) is 17.1. The van der Waals surface area contributed by atoms with Gasteiger partial charge in [0.2, 0.25) is 0 Å². The summed E-state index contributed by atoms with van der Waals surface area (Å²) >= 11 is 0. The van der Waals surface area contributed by atoms with Gasteiger partial charge in [0, 0.05) is 21.9 Å². The summed E-state index contributed by atoms with van der Waals surface area (Å²) in [6, 6.07) is 91.0. The second kappa shape index (κ2) is 14.8. The lowest BCUT2D eigenvalue weighted by molar-refractivity contribution is 0.669. The molecule has 0 saturated carbocycles. The molecule has 0 amide bonds. The Morgan fingerprint density at radius 1 is 0.323 bits per heavy atom. The summed E-state index contributed by atoms with van der Waals surface area (Å²) in [7, 11) is 0. The van der Waals surface area contributed by atoms with Crippen LogP contribution in [0.15, 0.2) is 253 Å². The zero-order chi connectivity index (χ0) is 42.9. The molecule has 65 heavy (non-hydrogen) atoms. The number of benzene rings is 11. The third-order valence-electron chi connectivity index (χ3n) is 13.7. The van der Waals surface area contributed by atoms with Crippen molar-refractivity contribution in [3.63, 3.8) is 0 Å². The van der Waals surface area contributed by atoms with Gasteiger partial charge in [-0.05, 0) is 91.0 Å². The van der Waals surface area contributed by atoms with Crippen molar-refractivity contribution in [1.82, 2.24) is 0 Å². The smallest absolute Gasteiger partial charge is 0.137 e. The van der Waals surface area contributed by atoms with E-state index < -0.39 is 5.41 Å². The van der Waals surface area contributed by atoms with Crippen LogP contribution in [0.5, 0.6) is 0 Å². The van der Waals surface area contributed by atoms with Gasteiger partial charge in [0.05, 0.1) is 27.9 Å². The van der Waals surface area contributed by atoms with Crippen LogP contribution in [-0.2, 0) is 5.41 Å². The molecule has 0 N–H and O–H groups in total. The topological polar surface area (TPSA) is 16.4 Å². The molecule has 12 aromatic rings. The predicted octanol–water partition coefficient (Wildman–Crippen LogP) is 17.1. The van der Waals surface area contributed by atoms with Crippen LogP contribution in [0.1, 0.15) is 22.3 Å². The number of hydrogen-bond donors (Lipinski definition) is 0. The number of hydrogen-bond acceptors (Lipinski definition) is 2. The number of furan rings is 1. The van der Waals surface area contributed by atoms with Crippen LogP contribution in [0.25, 0.3) is 76.9 Å². The van der Waals surface area contributed by atoms with Crippen molar-refractivity contribution in [2.75, 3.05) is 4.90 Å². The van der Waals surface area contributed by atoms with Crippen LogP contribution in [0.3, 0.4) is 0 Å². The molecule has 1 aliphatic carbocycles. The molecule has 0 bridgehead atoms. The Morgan fingerprint density at radius 3 is 1.58 bits per heavy atom. The fraction of sp³-hybridized carbons (Fsp3) is 0.0159. The van der Waals surface area contributed by atoms with E-state index in [1.807, 2.05) is 0 Å². The van der Waals surface area contributed by atoms with Crippen molar-refractivity contribution < 1.29 is 4.42 Å². The van der Waals surface area contributed by atoms with E-state index in [1.165, 1.54) is 66.2 Å². The minimum absolute atomic E-state index is 0.581. The van der Waals surface area contributed by atoms with E-state index in [0.717, 1.165) is 50.0 Å². The summed E-state index contributed by atoms with van der Waals surface area (Å²) < 4.78 is 6.72. The summed E-state index contributed by atoms with van der Waals surface area (Å²) in [5.41, 5.74) is 16.5. The van der Waals surface area contributed by atoms with Crippen molar-refractivity contribution in [2.45, 2.75) is 5.41 Å². The van der Waals surface area contributed by atoms with E-state index in [1.54, 1.807) is 0 Å². The van der Waals surface area contributed by atoms with E-state index in [9.17, 15) is 0 Å². The van der Waals surface area contributed by atoms with Gasteiger partial charge >= 0.3 is 0 Å². The van der Waals surface area contributed by atoms with E-state index in [0.29, 0.717) is 0 Å². The second-order valence-corrected chi connectivity index (χ2v) is 17.1. The minimum Gasteiger partial charge on any atom is -0.456 e. The first kappa shape index (κ1) is 37.1. The lowest BCUT2D eigenvalue weighted by atomic mass is 9.68. The Bertz CT molecular complexity index is 3730. The molecule has 0 fully saturated rings. The highest BCUT2D eigenvalue weighted by Crippen LogP contribution is 2.61. The first-order valence-corrected chi connectivity index (χ1v) is 22.4. The van der Waals surface area contributed by atoms with Gasteiger partial charge in [0.25, 0.3) is 0 Å². The highest BCUT2D eigenvalue weighted by molar-refractivity contribution is 6.25. The Hall–Kier alpha value is -8.46. The standard InChI is InChI=1S/C63H41NO/c1-4-21-42(22-5-1)43-23-18-24-44(41-43)59-49-31-12-10-29-47(49)48-30-11-13-32-50(48)62(59)64(56-38-20-40-58-61(56)52-34-15-17-39-57(52)65-58)55-37-19-36-54-60(55)51-33-14-16-35-53(51)63(54,45-25-6-2-7-26-45)46-27-8-3-9-28-46/h1-41H. The molecular weight excluding hydrogens is 787 g/mol. The van der Waals surface area contributed by atoms with Crippen LogP contribution in [0.2, 0.25) is 0 Å². The Kier molecular flexibility index (Phi) is 8.47. The van der Waals surface area contributed by atoms with Gasteiger partial charge in [-0.2, -0.15) is 0 Å². The van der Waals surface area contributed by atoms with Gasteiger partial charge in [-0.1, -0.05) is 218 Å². The molecule has 2 nitrogen and oxygen atoms in total. The molecule has 0 atom stereocenters. The normalized spacial score (nSPS) is 12.7. The molecule has 13 rings (SSSR count). The molecule has 0 spiro atoms. The number of fused-ring (bicyclic) bond motifs is 9. The molecule has 1 heterocycles. The van der Waals surface area contributed by atoms with Gasteiger partial charge in [0.1, 0.15) is 11.2 Å². The van der Waals surface area contributed by atoms with Crippen LogP contribution in [0, 0.1) is 0 Å². The van der Waals surface area contributed by atoms with Crippen molar-refractivity contribution in [1.29, 1.82) is 0 Å². The maximum absolute atomic E-state index is 6.72. The monoisotopic (exact) mass is 827 g/mol. The molecular formula is C63H41NO. The van der Waals surface area contributed by atoms with Gasteiger partial charge in [-0.25, -0.2) is 0 Å². The summed E-state index contributed by atoms with van der Waals surface area (Å²) in [6.45, 7) is 0.